The molecule has 3 heterocycles. The first kappa shape index (κ1) is 18.7. The number of benzene rings is 1. The maximum atomic E-state index is 12.2. The van der Waals surface area contributed by atoms with Crippen LogP contribution in [0.2, 0.25) is 0 Å². The van der Waals surface area contributed by atoms with Crippen LogP contribution in [0.1, 0.15) is 32.9 Å². The molecular formula is C19H22N6O2S. The lowest BCUT2D eigenvalue weighted by Crippen LogP contribution is -2.40. The predicted molar refractivity (Wildman–Crippen MR) is 105 cm³/mol. The van der Waals surface area contributed by atoms with Gasteiger partial charge in [-0.25, -0.2) is 9.97 Å². The van der Waals surface area contributed by atoms with E-state index in [1.807, 2.05) is 30.6 Å². The van der Waals surface area contributed by atoms with Gasteiger partial charge in [-0.3, -0.25) is 14.4 Å². The molecule has 0 bridgehead atoms. The van der Waals surface area contributed by atoms with Crippen LogP contribution in [0.15, 0.2) is 42.0 Å². The molecule has 9 heteroatoms. The summed E-state index contributed by atoms with van der Waals surface area (Å²) < 4.78 is 7.44. The predicted octanol–water partition coefficient (Wildman–Crippen LogP) is 1.78. The van der Waals surface area contributed by atoms with Gasteiger partial charge in [0.1, 0.15) is 17.2 Å². The number of thiazole rings is 1. The van der Waals surface area contributed by atoms with Gasteiger partial charge < -0.3 is 10.1 Å². The number of morpholine rings is 1. The molecule has 1 aliphatic heterocycles. The number of rotatable bonds is 6. The molecule has 1 amide bonds. The van der Waals surface area contributed by atoms with Gasteiger partial charge in [-0.2, -0.15) is 5.10 Å². The Morgan fingerprint density at radius 2 is 2.21 bits per heavy atom. The number of aromatic nitrogens is 4. The molecule has 1 unspecified atom stereocenters. The van der Waals surface area contributed by atoms with E-state index in [1.54, 1.807) is 34.5 Å². The van der Waals surface area contributed by atoms with Crippen LogP contribution in [0.25, 0.3) is 0 Å². The quantitative estimate of drug-likeness (QED) is 0.681. The van der Waals surface area contributed by atoms with Gasteiger partial charge in [-0.1, -0.05) is 18.2 Å². The number of aryl methyl sites for hydroxylation is 1. The van der Waals surface area contributed by atoms with Crippen LogP contribution in [0.4, 0.5) is 0 Å². The van der Waals surface area contributed by atoms with E-state index >= 15 is 0 Å². The summed E-state index contributed by atoms with van der Waals surface area (Å²) in [4.78, 5) is 23.6. The fraction of sp³-hybridized carbons (Fsp3) is 0.368. The highest BCUT2D eigenvalue weighted by molar-refractivity contribution is 7.09. The fourth-order valence-electron chi connectivity index (χ4n) is 3.23. The average molecular weight is 398 g/mol. The highest BCUT2D eigenvalue weighted by atomic mass is 32.1. The topological polar surface area (TPSA) is 85.2 Å². The first-order chi connectivity index (χ1) is 13.7. The molecule has 146 valence electrons. The van der Waals surface area contributed by atoms with Crippen molar-refractivity contribution in [3.63, 3.8) is 0 Å². The maximum absolute atomic E-state index is 12.2. The number of hydrogen-bond donors (Lipinski definition) is 1. The Hall–Kier alpha value is -2.62. The van der Waals surface area contributed by atoms with Gasteiger partial charge in [0, 0.05) is 31.1 Å². The Labute approximate surface area is 167 Å². The Bertz CT molecular complexity index is 925. The summed E-state index contributed by atoms with van der Waals surface area (Å²) in [5.41, 5.74) is 1.64. The number of carbonyl (C=O) groups is 1. The third kappa shape index (κ3) is 4.27. The molecule has 2 aromatic heterocycles. The largest absolute Gasteiger partial charge is 0.378 e. The summed E-state index contributed by atoms with van der Waals surface area (Å²) >= 11 is 1.56. The Morgan fingerprint density at radius 3 is 3.00 bits per heavy atom. The maximum Gasteiger partial charge on any atom is 0.251 e. The van der Waals surface area contributed by atoms with E-state index in [2.05, 4.69) is 25.3 Å². The minimum absolute atomic E-state index is 0.0594. The molecule has 1 fully saturated rings. The van der Waals surface area contributed by atoms with Crippen molar-refractivity contribution in [3.8, 4) is 0 Å². The number of nitrogens with zero attached hydrogens (tertiary/aromatic N) is 5. The minimum Gasteiger partial charge on any atom is -0.378 e. The molecule has 28 heavy (non-hydrogen) atoms. The second-order valence-corrected chi connectivity index (χ2v) is 7.53. The second-order valence-electron chi connectivity index (χ2n) is 6.58. The zero-order chi connectivity index (χ0) is 19.3. The molecule has 1 N–H and O–H groups in total. The normalized spacial score (nSPS) is 17.5. The van der Waals surface area contributed by atoms with Crippen LogP contribution in [-0.4, -0.2) is 50.3 Å². The molecule has 8 nitrogen and oxygen atoms in total. The van der Waals surface area contributed by atoms with Crippen molar-refractivity contribution in [1.82, 2.24) is 30.0 Å². The Morgan fingerprint density at radius 1 is 1.36 bits per heavy atom. The number of hydrogen-bond acceptors (Lipinski definition) is 7. The summed E-state index contributed by atoms with van der Waals surface area (Å²) in [6.45, 7) is 3.24. The van der Waals surface area contributed by atoms with Gasteiger partial charge in [0.2, 0.25) is 0 Å². The number of nitrogens with one attached hydrogen (secondary N) is 1. The van der Waals surface area contributed by atoms with E-state index in [0.29, 0.717) is 31.9 Å². The monoisotopic (exact) mass is 398 g/mol. The molecule has 1 atom stereocenters. The smallest absolute Gasteiger partial charge is 0.251 e. The molecule has 0 saturated carbocycles. The van der Waals surface area contributed by atoms with Crippen molar-refractivity contribution in [2.45, 2.75) is 19.1 Å². The number of carbonyl (C=O) groups excluding carboxylic acids is 1. The molecule has 0 radical (unpaired) electrons. The van der Waals surface area contributed by atoms with Crippen LogP contribution in [0.5, 0.6) is 0 Å². The molecule has 4 rings (SSSR count). The highest BCUT2D eigenvalue weighted by Gasteiger charge is 2.28. The van der Waals surface area contributed by atoms with E-state index in [9.17, 15) is 4.79 Å². The first-order valence-electron chi connectivity index (χ1n) is 9.13. The molecular weight excluding hydrogens is 376 g/mol. The van der Waals surface area contributed by atoms with E-state index in [-0.39, 0.29) is 11.9 Å². The van der Waals surface area contributed by atoms with Crippen LogP contribution in [0.3, 0.4) is 0 Å². The SMILES string of the molecule is Cn1ncnc1C1COCCN1Cc1csc(CNC(=O)c2ccccc2)n1. The standard InChI is InChI=1S/C19H22N6O2S/c1-24-18(21-13-22-24)16-11-27-8-7-25(16)10-15-12-28-17(23-15)9-20-19(26)14-5-3-2-4-6-14/h2-6,12-13,16H,7-11H2,1H3,(H,20,26). The van der Waals surface area contributed by atoms with Crippen molar-refractivity contribution in [1.29, 1.82) is 0 Å². The van der Waals surface area contributed by atoms with Gasteiger partial charge >= 0.3 is 0 Å². The van der Waals surface area contributed by atoms with E-state index in [1.165, 1.54) is 0 Å². The zero-order valence-corrected chi connectivity index (χ0v) is 16.4. The van der Waals surface area contributed by atoms with E-state index in [0.717, 1.165) is 23.1 Å². The van der Waals surface area contributed by atoms with Gasteiger partial charge in [-0.15, -0.1) is 11.3 Å². The first-order valence-corrected chi connectivity index (χ1v) is 10.0. The fourth-order valence-corrected chi connectivity index (χ4v) is 3.96. The zero-order valence-electron chi connectivity index (χ0n) is 15.6. The third-order valence-electron chi connectivity index (χ3n) is 4.68. The second kappa shape index (κ2) is 8.59. The molecule has 0 spiro atoms. The summed E-state index contributed by atoms with van der Waals surface area (Å²) in [7, 11) is 1.89. The van der Waals surface area contributed by atoms with Gasteiger partial charge in [0.15, 0.2) is 0 Å². The third-order valence-corrected chi connectivity index (χ3v) is 5.58. The Kier molecular flexibility index (Phi) is 5.75. The van der Waals surface area contributed by atoms with Crippen LogP contribution in [0, 0.1) is 0 Å². The van der Waals surface area contributed by atoms with Gasteiger partial charge in [0.25, 0.3) is 5.91 Å². The lowest BCUT2D eigenvalue weighted by atomic mass is 10.2. The lowest BCUT2D eigenvalue weighted by molar-refractivity contribution is -0.0176. The highest BCUT2D eigenvalue weighted by Crippen LogP contribution is 2.24. The van der Waals surface area contributed by atoms with Crippen molar-refractivity contribution >= 4 is 17.2 Å². The van der Waals surface area contributed by atoms with Crippen LogP contribution in [-0.2, 0) is 24.9 Å². The summed E-state index contributed by atoms with van der Waals surface area (Å²) in [5, 5.41) is 10.0. The number of amides is 1. The van der Waals surface area contributed by atoms with Gasteiger partial charge in [0.05, 0.1) is 31.5 Å². The van der Waals surface area contributed by atoms with Crippen LogP contribution < -0.4 is 5.32 Å². The summed E-state index contributed by atoms with van der Waals surface area (Å²) in [5.74, 6) is 0.804. The average Bonchev–Trinajstić information content (AvgIpc) is 3.36. The van der Waals surface area contributed by atoms with E-state index in [4.69, 9.17) is 4.74 Å². The molecule has 1 aliphatic rings. The molecule has 3 aromatic rings. The number of ether oxygens (including phenoxy) is 1. The molecule has 0 aliphatic carbocycles. The van der Waals surface area contributed by atoms with Crippen molar-refractivity contribution in [2.75, 3.05) is 19.8 Å². The molecule has 1 aromatic carbocycles. The van der Waals surface area contributed by atoms with Crippen molar-refractivity contribution in [2.24, 2.45) is 7.05 Å². The summed E-state index contributed by atoms with van der Waals surface area (Å²) in [6, 6.07) is 9.26. The molecule has 1 saturated heterocycles. The summed E-state index contributed by atoms with van der Waals surface area (Å²) in [6.07, 6.45) is 1.57. The van der Waals surface area contributed by atoms with Crippen LogP contribution >= 0.6 is 11.3 Å². The lowest BCUT2D eigenvalue weighted by Gasteiger charge is -2.34. The minimum atomic E-state index is -0.0899. The van der Waals surface area contributed by atoms with Crippen molar-refractivity contribution < 1.29 is 9.53 Å². The van der Waals surface area contributed by atoms with Gasteiger partial charge in [-0.05, 0) is 12.1 Å². The van der Waals surface area contributed by atoms with Crippen molar-refractivity contribution in [3.05, 3.63) is 64.1 Å². The van der Waals surface area contributed by atoms with E-state index < -0.39 is 0 Å². The Balaban J connectivity index is 1.37.